The van der Waals surface area contributed by atoms with E-state index >= 15 is 0 Å². The highest BCUT2D eigenvalue weighted by atomic mass is 32.1. The van der Waals surface area contributed by atoms with Gasteiger partial charge in [-0.2, -0.15) is 13.8 Å². The fourth-order valence-electron chi connectivity index (χ4n) is 4.03. The fourth-order valence-corrected chi connectivity index (χ4v) is 4.99. The van der Waals surface area contributed by atoms with Gasteiger partial charge in [-0.15, -0.1) is 11.3 Å². The molecule has 2 aliphatic carbocycles. The average Bonchev–Trinajstić information content (AvgIpc) is 3.70. The summed E-state index contributed by atoms with van der Waals surface area (Å²) in [5.74, 6) is 0.445. The number of hydrogen-bond acceptors (Lipinski definition) is 6. The largest absolute Gasteiger partial charge is 0.489 e. The number of carbonyl (C=O) groups excluding carboxylic acids is 2. The molecule has 33 heavy (non-hydrogen) atoms. The SMILES string of the molecule is CC(=O)N(c1nc(C2CC2)cs1)N1C[C@H](c2ccc(OC(F)F)c(OCC3CC3)c2)CC1=O. The molecule has 2 heterocycles. The molecule has 3 aliphatic rings. The van der Waals surface area contributed by atoms with E-state index in [2.05, 4.69) is 9.72 Å². The molecule has 176 valence electrons. The first kappa shape index (κ1) is 22.1. The number of ether oxygens (including phenoxy) is 2. The Kier molecular flexibility index (Phi) is 5.94. The van der Waals surface area contributed by atoms with Crippen molar-refractivity contribution in [2.75, 3.05) is 18.2 Å². The zero-order valence-corrected chi connectivity index (χ0v) is 19.0. The van der Waals surface area contributed by atoms with Gasteiger partial charge in [0.15, 0.2) is 11.5 Å². The van der Waals surface area contributed by atoms with Crippen LogP contribution in [0.1, 0.15) is 62.1 Å². The first-order chi connectivity index (χ1) is 15.9. The molecule has 0 N–H and O–H groups in total. The quantitative estimate of drug-likeness (QED) is 0.524. The van der Waals surface area contributed by atoms with E-state index in [0.29, 0.717) is 23.6 Å². The van der Waals surface area contributed by atoms with Gasteiger partial charge in [-0.25, -0.2) is 9.99 Å². The molecule has 1 atom stereocenters. The van der Waals surface area contributed by atoms with Crippen LogP contribution in [0.5, 0.6) is 11.5 Å². The van der Waals surface area contributed by atoms with Gasteiger partial charge in [0.05, 0.1) is 18.8 Å². The Balaban J connectivity index is 1.35. The van der Waals surface area contributed by atoms with E-state index in [1.165, 1.54) is 34.3 Å². The lowest BCUT2D eigenvalue weighted by molar-refractivity contribution is -0.133. The van der Waals surface area contributed by atoms with Crippen LogP contribution in [0.2, 0.25) is 0 Å². The molecule has 5 rings (SSSR count). The summed E-state index contributed by atoms with van der Waals surface area (Å²) in [6.45, 7) is -0.803. The number of anilines is 1. The lowest BCUT2D eigenvalue weighted by Gasteiger charge is -2.28. The fraction of sp³-hybridized carbons (Fsp3) is 0.522. The van der Waals surface area contributed by atoms with Gasteiger partial charge in [-0.05, 0) is 49.3 Å². The van der Waals surface area contributed by atoms with Crippen molar-refractivity contribution in [2.45, 2.75) is 57.5 Å². The van der Waals surface area contributed by atoms with Crippen LogP contribution in [-0.4, -0.2) is 41.6 Å². The molecule has 1 saturated heterocycles. The second-order valence-corrected chi connectivity index (χ2v) is 9.71. The number of hydrogen-bond donors (Lipinski definition) is 0. The zero-order chi connectivity index (χ0) is 23.1. The lowest BCUT2D eigenvalue weighted by atomic mass is 9.98. The van der Waals surface area contributed by atoms with Gasteiger partial charge in [0.2, 0.25) is 16.9 Å². The molecular weight excluding hydrogens is 452 g/mol. The highest BCUT2D eigenvalue weighted by molar-refractivity contribution is 7.14. The van der Waals surface area contributed by atoms with Gasteiger partial charge < -0.3 is 9.47 Å². The zero-order valence-electron chi connectivity index (χ0n) is 18.2. The van der Waals surface area contributed by atoms with Gasteiger partial charge in [0.1, 0.15) is 0 Å². The number of benzene rings is 1. The van der Waals surface area contributed by atoms with Crippen LogP contribution in [0, 0.1) is 5.92 Å². The Bertz CT molecular complexity index is 1050. The topological polar surface area (TPSA) is 72.0 Å². The summed E-state index contributed by atoms with van der Waals surface area (Å²) in [5, 5.41) is 5.24. The number of alkyl halides is 2. The normalized spacial score (nSPS) is 20.4. The molecule has 0 spiro atoms. The molecule has 1 aromatic heterocycles. The Morgan fingerprint density at radius 2 is 2.03 bits per heavy atom. The van der Waals surface area contributed by atoms with Crippen molar-refractivity contribution in [1.82, 2.24) is 9.99 Å². The van der Waals surface area contributed by atoms with Crippen LogP contribution in [0.15, 0.2) is 23.6 Å². The summed E-state index contributed by atoms with van der Waals surface area (Å²) in [6, 6.07) is 4.81. The molecular formula is C23H25F2N3O4S. The Labute approximate surface area is 194 Å². The Hall–Kier alpha value is -2.75. The van der Waals surface area contributed by atoms with E-state index in [4.69, 9.17) is 4.74 Å². The third-order valence-electron chi connectivity index (χ3n) is 6.16. The highest BCUT2D eigenvalue weighted by Crippen LogP contribution is 2.42. The van der Waals surface area contributed by atoms with Crippen molar-refractivity contribution in [3.63, 3.8) is 0 Å². The number of nitrogens with zero attached hydrogens (tertiary/aromatic N) is 3. The first-order valence-corrected chi connectivity index (χ1v) is 12.0. The van der Waals surface area contributed by atoms with Gasteiger partial charge in [0.25, 0.3) is 0 Å². The number of hydrazine groups is 1. The second kappa shape index (κ2) is 8.89. The van der Waals surface area contributed by atoms with E-state index in [-0.39, 0.29) is 42.2 Å². The van der Waals surface area contributed by atoms with E-state index in [9.17, 15) is 18.4 Å². The first-order valence-electron chi connectivity index (χ1n) is 11.2. The molecule has 2 aromatic rings. The lowest BCUT2D eigenvalue weighted by Crippen LogP contribution is -2.46. The summed E-state index contributed by atoms with van der Waals surface area (Å²) in [4.78, 5) is 30.0. The van der Waals surface area contributed by atoms with Crippen molar-refractivity contribution >= 4 is 28.3 Å². The second-order valence-electron chi connectivity index (χ2n) is 8.88. The standard InChI is InChI=1S/C23H25F2N3O4S/c1-13(29)28(23-26-18(12-33-23)15-4-5-15)27-10-17(9-21(27)30)16-6-7-19(32-22(24)25)20(8-16)31-11-14-2-3-14/h6-8,12,14-15,17,22H,2-5,9-11H2,1H3/t17-/m1/s1. The van der Waals surface area contributed by atoms with Crippen molar-refractivity contribution < 1.29 is 27.8 Å². The van der Waals surface area contributed by atoms with E-state index in [0.717, 1.165) is 36.9 Å². The smallest absolute Gasteiger partial charge is 0.387 e. The van der Waals surface area contributed by atoms with E-state index in [1.807, 2.05) is 5.38 Å². The minimum absolute atomic E-state index is 0.0173. The van der Waals surface area contributed by atoms with Gasteiger partial charge >= 0.3 is 6.61 Å². The maximum atomic E-state index is 12.9. The monoisotopic (exact) mass is 477 g/mol. The van der Waals surface area contributed by atoms with Crippen LogP contribution in [0.4, 0.5) is 13.9 Å². The van der Waals surface area contributed by atoms with E-state index < -0.39 is 6.61 Å². The number of halogens is 2. The van der Waals surface area contributed by atoms with Gasteiger partial charge in [0, 0.05) is 30.6 Å². The molecule has 10 heteroatoms. The molecule has 3 fully saturated rings. The summed E-state index contributed by atoms with van der Waals surface area (Å²) in [6.07, 6.45) is 4.53. The van der Waals surface area contributed by atoms with Gasteiger partial charge in [-0.3, -0.25) is 9.59 Å². The molecule has 2 saturated carbocycles. The summed E-state index contributed by atoms with van der Waals surface area (Å²) in [5.41, 5.74) is 1.75. The van der Waals surface area contributed by atoms with Crippen LogP contribution in [0.3, 0.4) is 0 Å². The molecule has 0 unspecified atom stereocenters. The maximum Gasteiger partial charge on any atom is 0.387 e. The third kappa shape index (κ3) is 4.95. The highest BCUT2D eigenvalue weighted by Gasteiger charge is 2.38. The van der Waals surface area contributed by atoms with Gasteiger partial charge in [-0.1, -0.05) is 6.07 Å². The minimum Gasteiger partial charge on any atom is -0.489 e. The van der Waals surface area contributed by atoms with Crippen LogP contribution in [-0.2, 0) is 9.59 Å². The van der Waals surface area contributed by atoms with Crippen molar-refractivity contribution in [1.29, 1.82) is 0 Å². The predicted octanol–water partition coefficient (Wildman–Crippen LogP) is 4.69. The third-order valence-corrected chi connectivity index (χ3v) is 6.99. The maximum absolute atomic E-state index is 12.9. The molecule has 1 aromatic carbocycles. The van der Waals surface area contributed by atoms with Crippen molar-refractivity contribution in [3.8, 4) is 11.5 Å². The summed E-state index contributed by atoms with van der Waals surface area (Å²) >= 11 is 1.36. The number of thiazole rings is 1. The molecule has 7 nitrogen and oxygen atoms in total. The minimum atomic E-state index is -2.95. The van der Waals surface area contributed by atoms with E-state index in [1.54, 1.807) is 12.1 Å². The molecule has 1 aliphatic heterocycles. The van der Waals surface area contributed by atoms with Crippen LogP contribution in [0.25, 0.3) is 0 Å². The summed E-state index contributed by atoms with van der Waals surface area (Å²) < 4.78 is 36.0. The average molecular weight is 478 g/mol. The Morgan fingerprint density at radius 1 is 1.24 bits per heavy atom. The predicted molar refractivity (Wildman–Crippen MR) is 118 cm³/mol. The number of rotatable bonds is 9. The number of aromatic nitrogens is 1. The Morgan fingerprint density at radius 3 is 2.70 bits per heavy atom. The van der Waals surface area contributed by atoms with Crippen molar-refractivity contribution in [2.24, 2.45) is 5.92 Å². The van der Waals surface area contributed by atoms with Crippen molar-refractivity contribution in [3.05, 3.63) is 34.8 Å². The molecule has 0 bridgehead atoms. The summed E-state index contributed by atoms with van der Waals surface area (Å²) in [7, 11) is 0. The van der Waals surface area contributed by atoms with Crippen LogP contribution >= 0.6 is 11.3 Å². The number of amides is 2. The van der Waals surface area contributed by atoms with Crippen LogP contribution < -0.4 is 14.5 Å². The number of carbonyl (C=O) groups is 2. The molecule has 2 amide bonds. The molecule has 0 radical (unpaired) electrons.